The number of hydrogen-bond acceptors (Lipinski definition) is 6. The second-order valence-corrected chi connectivity index (χ2v) is 6.97. The van der Waals surface area contributed by atoms with E-state index in [1.807, 2.05) is 24.3 Å². The summed E-state index contributed by atoms with van der Waals surface area (Å²) < 4.78 is 10.5. The number of aromatic nitrogens is 1. The summed E-state index contributed by atoms with van der Waals surface area (Å²) in [6, 6.07) is 7.57. The number of ether oxygens (including phenoxy) is 2. The molecule has 0 radical (unpaired) electrons. The highest BCUT2D eigenvalue weighted by Crippen LogP contribution is 2.22. The third kappa shape index (κ3) is 5.42. The van der Waals surface area contributed by atoms with E-state index in [4.69, 9.17) is 9.47 Å². The number of rotatable bonds is 8. The fourth-order valence-corrected chi connectivity index (χ4v) is 3.49. The van der Waals surface area contributed by atoms with Crippen molar-refractivity contribution in [1.82, 2.24) is 10.3 Å². The van der Waals surface area contributed by atoms with Gasteiger partial charge in [-0.15, -0.1) is 11.3 Å². The minimum Gasteiger partial charge on any atom is -0.497 e. The number of thiazole rings is 1. The number of benzene rings is 1. The lowest BCUT2D eigenvalue weighted by atomic mass is 10.3. The van der Waals surface area contributed by atoms with E-state index >= 15 is 0 Å². The minimum absolute atomic E-state index is 0.124. The predicted octanol–water partition coefficient (Wildman–Crippen LogP) is 0.930. The van der Waals surface area contributed by atoms with Crippen LogP contribution in [-0.2, 0) is 4.74 Å². The molecule has 7 nitrogen and oxygen atoms in total. The highest BCUT2D eigenvalue weighted by molar-refractivity contribution is 7.14. The maximum atomic E-state index is 12.2. The van der Waals surface area contributed by atoms with Crippen molar-refractivity contribution < 1.29 is 19.2 Å². The van der Waals surface area contributed by atoms with Gasteiger partial charge >= 0.3 is 0 Å². The molecule has 1 saturated heterocycles. The van der Waals surface area contributed by atoms with Crippen molar-refractivity contribution in [2.24, 2.45) is 0 Å². The molecule has 0 atom stereocenters. The van der Waals surface area contributed by atoms with E-state index in [-0.39, 0.29) is 5.91 Å². The molecule has 2 heterocycles. The standard InChI is InChI=1S/C18H24N4O3S/c1-24-15-5-3-14(4-6-15)20-18-21-16(13-26-18)17(23)19-7-2-8-22-9-11-25-12-10-22/h3-6,13H,2,7-12H2,1H3,(H,19,23)(H,20,21)/p+1. The fourth-order valence-electron chi connectivity index (χ4n) is 2.77. The summed E-state index contributed by atoms with van der Waals surface area (Å²) in [6.45, 7) is 5.52. The molecule has 1 fully saturated rings. The molecule has 140 valence electrons. The molecule has 0 aliphatic carbocycles. The van der Waals surface area contributed by atoms with E-state index in [2.05, 4.69) is 15.6 Å². The first-order valence-corrected chi connectivity index (χ1v) is 9.68. The Kier molecular flexibility index (Phi) is 6.82. The van der Waals surface area contributed by atoms with Crippen molar-refractivity contribution in [3.05, 3.63) is 35.3 Å². The van der Waals surface area contributed by atoms with E-state index in [9.17, 15) is 4.79 Å². The molecule has 8 heteroatoms. The average Bonchev–Trinajstić information content (AvgIpc) is 3.15. The molecule has 0 unspecified atom stereocenters. The van der Waals surface area contributed by atoms with Gasteiger partial charge in [0.1, 0.15) is 24.5 Å². The molecular weight excluding hydrogens is 352 g/mol. The molecule has 0 spiro atoms. The smallest absolute Gasteiger partial charge is 0.270 e. The summed E-state index contributed by atoms with van der Waals surface area (Å²) in [5.41, 5.74) is 1.35. The Bertz CT molecular complexity index is 699. The first kappa shape index (κ1) is 18.6. The van der Waals surface area contributed by atoms with Gasteiger partial charge in [0.05, 0.1) is 26.9 Å². The van der Waals surface area contributed by atoms with Gasteiger partial charge in [-0.2, -0.15) is 0 Å². The van der Waals surface area contributed by atoms with Crippen LogP contribution in [0.3, 0.4) is 0 Å². The Morgan fingerprint density at radius 1 is 1.31 bits per heavy atom. The number of carbonyl (C=O) groups is 1. The number of quaternary nitrogens is 1. The monoisotopic (exact) mass is 377 g/mol. The van der Waals surface area contributed by atoms with Gasteiger partial charge in [-0.1, -0.05) is 0 Å². The maximum Gasteiger partial charge on any atom is 0.270 e. The topological polar surface area (TPSA) is 76.9 Å². The van der Waals surface area contributed by atoms with E-state index in [0.717, 1.165) is 50.7 Å². The molecule has 1 aromatic carbocycles. The van der Waals surface area contributed by atoms with Crippen LogP contribution in [0.25, 0.3) is 0 Å². The summed E-state index contributed by atoms with van der Waals surface area (Å²) in [4.78, 5) is 18.1. The lowest BCUT2D eigenvalue weighted by Crippen LogP contribution is -3.14. The number of nitrogens with one attached hydrogen (secondary N) is 3. The van der Waals surface area contributed by atoms with Gasteiger partial charge in [0.2, 0.25) is 0 Å². The molecule has 1 amide bonds. The van der Waals surface area contributed by atoms with Gasteiger partial charge in [0.25, 0.3) is 5.91 Å². The van der Waals surface area contributed by atoms with Crippen LogP contribution in [0.4, 0.5) is 10.8 Å². The highest BCUT2D eigenvalue weighted by Gasteiger charge is 2.14. The van der Waals surface area contributed by atoms with Gasteiger partial charge < -0.3 is 25.0 Å². The van der Waals surface area contributed by atoms with E-state index in [1.54, 1.807) is 17.4 Å². The molecule has 3 rings (SSSR count). The molecule has 1 aromatic heterocycles. The van der Waals surface area contributed by atoms with Crippen LogP contribution in [0, 0.1) is 0 Å². The molecule has 3 N–H and O–H groups in total. The Morgan fingerprint density at radius 2 is 2.08 bits per heavy atom. The Morgan fingerprint density at radius 3 is 2.81 bits per heavy atom. The first-order chi connectivity index (χ1) is 12.7. The predicted molar refractivity (Wildman–Crippen MR) is 102 cm³/mol. The number of methoxy groups -OCH3 is 1. The molecule has 1 aliphatic rings. The Hall–Kier alpha value is -2.16. The van der Waals surface area contributed by atoms with Gasteiger partial charge in [-0.25, -0.2) is 4.98 Å². The van der Waals surface area contributed by atoms with Crippen LogP contribution in [0.2, 0.25) is 0 Å². The van der Waals surface area contributed by atoms with E-state index < -0.39 is 0 Å². The molecule has 0 bridgehead atoms. The molecule has 26 heavy (non-hydrogen) atoms. The lowest BCUT2D eigenvalue weighted by Gasteiger charge is -2.23. The molecular formula is C18H25N4O3S+. The van der Waals surface area contributed by atoms with Gasteiger partial charge in [-0.05, 0) is 24.3 Å². The quantitative estimate of drug-likeness (QED) is 0.597. The summed E-state index contributed by atoms with van der Waals surface area (Å²) in [7, 11) is 1.64. The van der Waals surface area contributed by atoms with E-state index in [0.29, 0.717) is 17.4 Å². The Labute approximate surface area is 157 Å². The van der Waals surface area contributed by atoms with Crippen LogP contribution in [0.1, 0.15) is 16.9 Å². The number of anilines is 2. The van der Waals surface area contributed by atoms with Crippen LogP contribution >= 0.6 is 11.3 Å². The number of amides is 1. The SMILES string of the molecule is COc1ccc(Nc2nc(C(=O)NCCC[NH+]3CCOCC3)cs2)cc1. The molecule has 0 saturated carbocycles. The van der Waals surface area contributed by atoms with Crippen LogP contribution in [0.5, 0.6) is 5.75 Å². The fraction of sp³-hybridized carbons (Fsp3) is 0.444. The number of hydrogen-bond donors (Lipinski definition) is 3. The maximum absolute atomic E-state index is 12.2. The number of morpholine rings is 1. The van der Waals surface area contributed by atoms with Crippen molar-refractivity contribution >= 4 is 28.1 Å². The van der Waals surface area contributed by atoms with Gasteiger partial charge in [0.15, 0.2) is 5.13 Å². The van der Waals surface area contributed by atoms with Gasteiger partial charge in [0, 0.05) is 24.0 Å². The summed E-state index contributed by atoms with van der Waals surface area (Å²) in [6.07, 6.45) is 0.960. The van der Waals surface area contributed by atoms with Gasteiger partial charge in [-0.3, -0.25) is 4.79 Å². The van der Waals surface area contributed by atoms with Crippen LogP contribution in [0.15, 0.2) is 29.6 Å². The minimum atomic E-state index is -0.124. The van der Waals surface area contributed by atoms with Crippen molar-refractivity contribution in [3.63, 3.8) is 0 Å². The van der Waals surface area contributed by atoms with Crippen LogP contribution < -0.4 is 20.3 Å². The lowest BCUT2D eigenvalue weighted by molar-refractivity contribution is -0.908. The third-order valence-corrected chi connectivity index (χ3v) is 5.03. The summed E-state index contributed by atoms with van der Waals surface area (Å²) >= 11 is 1.41. The highest BCUT2D eigenvalue weighted by atomic mass is 32.1. The Balaban J connectivity index is 1.42. The van der Waals surface area contributed by atoms with Crippen molar-refractivity contribution in [1.29, 1.82) is 0 Å². The number of nitrogens with zero attached hydrogens (tertiary/aromatic N) is 1. The molecule has 2 aromatic rings. The van der Waals surface area contributed by atoms with Crippen LogP contribution in [-0.4, -0.2) is 57.4 Å². The van der Waals surface area contributed by atoms with Crippen molar-refractivity contribution in [2.75, 3.05) is 51.8 Å². The molecule has 1 aliphatic heterocycles. The zero-order valence-corrected chi connectivity index (χ0v) is 15.7. The third-order valence-electron chi connectivity index (χ3n) is 4.27. The van der Waals surface area contributed by atoms with Crippen molar-refractivity contribution in [3.8, 4) is 5.75 Å². The van der Waals surface area contributed by atoms with Crippen molar-refractivity contribution in [2.45, 2.75) is 6.42 Å². The van der Waals surface area contributed by atoms with E-state index in [1.165, 1.54) is 11.3 Å². The zero-order valence-electron chi connectivity index (χ0n) is 14.9. The second-order valence-electron chi connectivity index (χ2n) is 6.11. The summed E-state index contributed by atoms with van der Waals surface area (Å²) in [5, 5.41) is 8.61. The first-order valence-electron chi connectivity index (χ1n) is 8.81. The number of carbonyl (C=O) groups excluding carboxylic acids is 1. The average molecular weight is 377 g/mol. The largest absolute Gasteiger partial charge is 0.497 e. The summed E-state index contributed by atoms with van der Waals surface area (Å²) in [5.74, 6) is 0.676. The normalized spacial score (nSPS) is 14.8. The second kappa shape index (κ2) is 9.51. The zero-order chi connectivity index (χ0) is 18.2.